The third-order valence-corrected chi connectivity index (χ3v) is 2.46. The maximum atomic E-state index is 5.60. The number of aryl methyl sites for hydroxylation is 2. The normalized spacial score (nSPS) is 10.0. The molecule has 0 aliphatic heterocycles. The molecule has 1 aromatic carbocycles. The first-order chi connectivity index (χ1) is 6.43. The van der Waals surface area contributed by atoms with E-state index in [0.29, 0.717) is 4.99 Å². The third kappa shape index (κ3) is 2.04. The Bertz CT molecular complexity index is 347. The van der Waals surface area contributed by atoms with Gasteiger partial charge in [-0.15, -0.1) is 0 Å². The zero-order valence-electron chi connectivity index (χ0n) is 9.09. The van der Waals surface area contributed by atoms with Crippen molar-refractivity contribution in [2.24, 2.45) is 5.73 Å². The monoisotopic (exact) mass is 208 g/mol. The molecule has 1 rings (SSSR count). The first kappa shape index (κ1) is 11.0. The molecule has 0 atom stereocenters. The van der Waals surface area contributed by atoms with E-state index >= 15 is 0 Å². The fraction of sp³-hybridized carbons (Fsp3) is 0.364. The summed E-state index contributed by atoms with van der Waals surface area (Å²) in [6.45, 7) is 4.15. The van der Waals surface area contributed by atoms with Gasteiger partial charge in [-0.2, -0.15) is 0 Å². The van der Waals surface area contributed by atoms with E-state index in [9.17, 15) is 0 Å². The Labute approximate surface area is 90.7 Å². The molecule has 0 heterocycles. The van der Waals surface area contributed by atoms with Crippen LogP contribution in [0.1, 0.15) is 16.7 Å². The molecule has 0 aromatic heterocycles. The maximum absolute atomic E-state index is 5.60. The van der Waals surface area contributed by atoms with Gasteiger partial charge in [0.15, 0.2) is 0 Å². The highest BCUT2D eigenvalue weighted by atomic mass is 32.1. The molecule has 0 radical (unpaired) electrons. The highest BCUT2D eigenvalue weighted by Crippen LogP contribution is 2.24. The number of nitrogens with two attached hydrogens (primary N) is 1. The zero-order valence-corrected chi connectivity index (χ0v) is 9.90. The van der Waals surface area contributed by atoms with E-state index in [1.165, 1.54) is 16.8 Å². The van der Waals surface area contributed by atoms with E-state index in [1.807, 2.05) is 26.2 Å². The van der Waals surface area contributed by atoms with Crippen LogP contribution in [0.3, 0.4) is 0 Å². The Morgan fingerprint density at radius 1 is 1.21 bits per heavy atom. The van der Waals surface area contributed by atoms with Gasteiger partial charge < -0.3 is 10.6 Å². The molecule has 0 spiro atoms. The first-order valence-electron chi connectivity index (χ1n) is 4.52. The van der Waals surface area contributed by atoms with Gasteiger partial charge in [-0.3, -0.25) is 0 Å². The Hall–Kier alpha value is -1.09. The summed E-state index contributed by atoms with van der Waals surface area (Å²) in [5.74, 6) is 0. The van der Waals surface area contributed by atoms with Crippen LogP contribution < -0.4 is 10.6 Å². The van der Waals surface area contributed by atoms with E-state index in [2.05, 4.69) is 18.7 Å². The lowest BCUT2D eigenvalue weighted by atomic mass is 10.0. The largest absolute Gasteiger partial charge is 0.389 e. The molecule has 0 aliphatic rings. The molecule has 2 N–H and O–H groups in total. The Morgan fingerprint density at radius 2 is 1.64 bits per heavy atom. The minimum atomic E-state index is 0.460. The van der Waals surface area contributed by atoms with Crippen molar-refractivity contribution in [1.82, 2.24) is 0 Å². The number of thiocarbonyl (C=S) groups is 1. The molecule has 0 fully saturated rings. The fourth-order valence-corrected chi connectivity index (χ4v) is 1.92. The second kappa shape index (κ2) is 3.96. The van der Waals surface area contributed by atoms with Gasteiger partial charge in [0.2, 0.25) is 0 Å². The predicted octanol–water partition coefficient (Wildman–Crippen LogP) is 2.00. The highest BCUT2D eigenvalue weighted by Gasteiger charge is 2.07. The van der Waals surface area contributed by atoms with E-state index < -0.39 is 0 Å². The van der Waals surface area contributed by atoms with Crippen LogP contribution in [0.2, 0.25) is 0 Å². The minimum Gasteiger partial charge on any atom is -0.389 e. The van der Waals surface area contributed by atoms with Crippen molar-refractivity contribution < 1.29 is 0 Å². The summed E-state index contributed by atoms with van der Waals surface area (Å²) in [5, 5.41) is 0. The van der Waals surface area contributed by atoms with Crippen molar-refractivity contribution in [3.05, 3.63) is 28.8 Å². The van der Waals surface area contributed by atoms with Crippen molar-refractivity contribution in [2.75, 3.05) is 19.0 Å². The van der Waals surface area contributed by atoms with Crippen LogP contribution in [-0.2, 0) is 0 Å². The standard InChI is InChI=1S/C11H16N2S/c1-7-5-9(11(12)14)6-8(2)10(7)13(3)4/h5-6H,1-4H3,(H2,12,14). The lowest BCUT2D eigenvalue weighted by Gasteiger charge is -2.19. The predicted molar refractivity (Wildman–Crippen MR) is 66.1 cm³/mol. The Balaban J connectivity index is 3.32. The molecule has 3 heteroatoms. The first-order valence-corrected chi connectivity index (χ1v) is 4.92. The van der Waals surface area contributed by atoms with Gasteiger partial charge in [0, 0.05) is 25.3 Å². The van der Waals surface area contributed by atoms with Crippen molar-refractivity contribution in [3.8, 4) is 0 Å². The molecule has 0 unspecified atom stereocenters. The highest BCUT2D eigenvalue weighted by molar-refractivity contribution is 7.80. The molecule has 76 valence electrons. The average molecular weight is 208 g/mol. The molecular weight excluding hydrogens is 192 g/mol. The van der Waals surface area contributed by atoms with E-state index in [4.69, 9.17) is 18.0 Å². The number of hydrogen-bond acceptors (Lipinski definition) is 2. The molecular formula is C11H16N2S. The SMILES string of the molecule is Cc1cc(C(N)=S)cc(C)c1N(C)C. The van der Waals surface area contributed by atoms with Gasteiger partial charge in [0.05, 0.1) is 0 Å². The Morgan fingerprint density at radius 3 is 1.93 bits per heavy atom. The van der Waals surface area contributed by atoms with Gasteiger partial charge in [0.25, 0.3) is 0 Å². The van der Waals surface area contributed by atoms with Crippen LogP contribution in [0, 0.1) is 13.8 Å². The molecule has 0 saturated heterocycles. The summed E-state index contributed by atoms with van der Waals surface area (Å²) in [6, 6.07) is 4.06. The Kier molecular flexibility index (Phi) is 3.11. The summed E-state index contributed by atoms with van der Waals surface area (Å²) < 4.78 is 0. The number of nitrogens with zero attached hydrogens (tertiary/aromatic N) is 1. The molecule has 2 nitrogen and oxygen atoms in total. The minimum absolute atomic E-state index is 0.460. The zero-order chi connectivity index (χ0) is 10.9. The van der Waals surface area contributed by atoms with Gasteiger partial charge >= 0.3 is 0 Å². The van der Waals surface area contributed by atoms with Crippen LogP contribution in [-0.4, -0.2) is 19.1 Å². The molecule has 0 bridgehead atoms. The topological polar surface area (TPSA) is 29.3 Å². The van der Waals surface area contributed by atoms with Crippen LogP contribution in [0.4, 0.5) is 5.69 Å². The van der Waals surface area contributed by atoms with Crippen molar-refractivity contribution in [3.63, 3.8) is 0 Å². The van der Waals surface area contributed by atoms with E-state index in [0.717, 1.165) is 5.56 Å². The van der Waals surface area contributed by atoms with Crippen molar-refractivity contribution >= 4 is 22.9 Å². The summed E-state index contributed by atoms with van der Waals surface area (Å²) in [7, 11) is 4.07. The van der Waals surface area contributed by atoms with Gasteiger partial charge in [-0.1, -0.05) is 12.2 Å². The third-order valence-electron chi connectivity index (χ3n) is 2.22. The second-order valence-corrected chi connectivity index (χ2v) is 4.16. The lowest BCUT2D eigenvalue weighted by molar-refractivity contribution is 1.10. The smallest absolute Gasteiger partial charge is 0.104 e. The van der Waals surface area contributed by atoms with Gasteiger partial charge in [0.1, 0.15) is 4.99 Å². The van der Waals surface area contributed by atoms with E-state index in [-0.39, 0.29) is 0 Å². The van der Waals surface area contributed by atoms with Crippen LogP contribution in [0.25, 0.3) is 0 Å². The number of anilines is 1. The molecule has 1 aromatic rings. The average Bonchev–Trinajstić information content (AvgIpc) is 2.01. The summed E-state index contributed by atoms with van der Waals surface area (Å²) in [4.78, 5) is 2.56. The van der Waals surface area contributed by atoms with Crippen LogP contribution in [0.15, 0.2) is 12.1 Å². The van der Waals surface area contributed by atoms with Crippen molar-refractivity contribution in [2.45, 2.75) is 13.8 Å². The number of hydrogen-bond donors (Lipinski definition) is 1. The molecule has 0 aliphatic carbocycles. The number of rotatable bonds is 2. The summed E-state index contributed by atoms with van der Waals surface area (Å²) in [5.41, 5.74) is 10.2. The number of benzene rings is 1. The summed E-state index contributed by atoms with van der Waals surface area (Å²) >= 11 is 4.95. The van der Waals surface area contributed by atoms with Crippen LogP contribution in [0.5, 0.6) is 0 Å². The van der Waals surface area contributed by atoms with Gasteiger partial charge in [-0.25, -0.2) is 0 Å². The van der Waals surface area contributed by atoms with Crippen molar-refractivity contribution in [1.29, 1.82) is 0 Å². The van der Waals surface area contributed by atoms with Crippen LogP contribution >= 0.6 is 12.2 Å². The lowest BCUT2D eigenvalue weighted by Crippen LogP contribution is -2.15. The summed E-state index contributed by atoms with van der Waals surface area (Å²) in [6.07, 6.45) is 0. The molecule has 0 amide bonds. The molecule has 14 heavy (non-hydrogen) atoms. The van der Waals surface area contributed by atoms with E-state index in [1.54, 1.807) is 0 Å². The quantitative estimate of drug-likeness (QED) is 0.754. The second-order valence-electron chi connectivity index (χ2n) is 3.72. The molecule has 0 saturated carbocycles. The van der Waals surface area contributed by atoms with Gasteiger partial charge in [-0.05, 0) is 37.1 Å². The maximum Gasteiger partial charge on any atom is 0.104 e. The fourth-order valence-electron chi connectivity index (χ4n) is 1.80.